The lowest BCUT2D eigenvalue weighted by atomic mass is 10.1. The second-order valence-corrected chi connectivity index (χ2v) is 7.20. The molecule has 1 fully saturated rings. The van der Waals surface area contributed by atoms with Crippen LogP contribution in [0.15, 0.2) is 60.7 Å². The molecule has 0 radical (unpaired) electrons. The highest BCUT2D eigenvalue weighted by Crippen LogP contribution is 2.23. The van der Waals surface area contributed by atoms with E-state index in [9.17, 15) is 9.59 Å². The first-order valence-corrected chi connectivity index (χ1v) is 10.0. The number of methoxy groups -OCH3 is 1. The maximum Gasteiger partial charge on any atom is 0.270 e. The highest BCUT2D eigenvalue weighted by Gasteiger charge is 2.25. The van der Waals surface area contributed by atoms with Crippen molar-refractivity contribution in [3.63, 3.8) is 0 Å². The van der Waals surface area contributed by atoms with Gasteiger partial charge in [-0.1, -0.05) is 30.3 Å². The smallest absolute Gasteiger partial charge is 0.270 e. The Labute approximate surface area is 175 Å². The second kappa shape index (κ2) is 8.82. The lowest BCUT2D eigenvalue weighted by molar-refractivity contribution is -0.122. The fourth-order valence-electron chi connectivity index (χ4n) is 3.52. The van der Waals surface area contributed by atoms with Gasteiger partial charge in [0.25, 0.3) is 5.91 Å². The predicted molar refractivity (Wildman–Crippen MR) is 114 cm³/mol. The van der Waals surface area contributed by atoms with Crippen molar-refractivity contribution in [3.05, 3.63) is 66.4 Å². The largest absolute Gasteiger partial charge is 0.497 e. The molecule has 2 heterocycles. The number of carbonyl (C=O) groups is 2. The Balaban J connectivity index is 1.69. The van der Waals surface area contributed by atoms with Crippen LogP contribution in [-0.2, 0) is 4.79 Å². The van der Waals surface area contributed by atoms with E-state index in [1.165, 1.54) is 0 Å². The molecule has 1 aromatic heterocycles. The molecule has 3 aromatic rings. The average molecular weight is 404 g/mol. The summed E-state index contributed by atoms with van der Waals surface area (Å²) in [6.07, 6.45) is 2.43. The van der Waals surface area contributed by atoms with Gasteiger partial charge in [-0.2, -0.15) is 5.10 Å². The summed E-state index contributed by atoms with van der Waals surface area (Å²) in [6.45, 7) is 0.646. The van der Waals surface area contributed by atoms with Crippen molar-refractivity contribution in [2.75, 3.05) is 13.7 Å². The zero-order valence-electron chi connectivity index (χ0n) is 16.8. The van der Waals surface area contributed by atoms with Crippen LogP contribution < -0.4 is 15.4 Å². The van der Waals surface area contributed by atoms with E-state index in [0.29, 0.717) is 24.4 Å². The maximum atomic E-state index is 13.2. The molecule has 0 aliphatic carbocycles. The maximum absolute atomic E-state index is 13.2. The molecule has 7 heteroatoms. The molecule has 0 spiro atoms. The summed E-state index contributed by atoms with van der Waals surface area (Å²) in [5.41, 5.74) is 2.69. The first-order valence-electron chi connectivity index (χ1n) is 10.0. The molecule has 30 heavy (non-hydrogen) atoms. The Morgan fingerprint density at radius 2 is 1.90 bits per heavy atom. The van der Waals surface area contributed by atoms with Crippen molar-refractivity contribution < 1.29 is 14.3 Å². The number of amides is 2. The van der Waals surface area contributed by atoms with E-state index in [4.69, 9.17) is 4.74 Å². The van der Waals surface area contributed by atoms with Gasteiger partial charge in [0, 0.05) is 12.1 Å². The third-order valence-corrected chi connectivity index (χ3v) is 5.17. The third-order valence-electron chi connectivity index (χ3n) is 5.17. The van der Waals surface area contributed by atoms with Crippen molar-refractivity contribution in [1.29, 1.82) is 0 Å². The van der Waals surface area contributed by atoms with Gasteiger partial charge in [-0.15, -0.1) is 0 Å². The molecule has 4 rings (SSSR count). The Morgan fingerprint density at radius 1 is 1.13 bits per heavy atom. The highest BCUT2D eigenvalue weighted by atomic mass is 16.5. The number of carbonyl (C=O) groups excluding carboxylic acids is 2. The van der Waals surface area contributed by atoms with Gasteiger partial charge in [-0.05, 0) is 49.6 Å². The molecule has 1 aliphatic rings. The fourth-order valence-corrected chi connectivity index (χ4v) is 3.52. The first-order chi connectivity index (χ1) is 14.7. The topological polar surface area (TPSA) is 85.2 Å². The highest BCUT2D eigenvalue weighted by molar-refractivity contribution is 5.97. The van der Waals surface area contributed by atoms with Crippen LogP contribution in [0.3, 0.4) is 0 Å². The zero-order chi connectivity index (χ0) is 20.9. The zero-order valence-corrected chi connectivity index (χ0v) is 16.8. The molecule has 2 amide bonds. The standard InChI is InChI=1S/C23H24N4O3/c1-30-18-12-10-17(11-13-18)27-21(15-20(26-27)16-7-3-2-4-8-16)23(29)25-19-9-5-6-14-24-22(19)28/h2-4,7-8,10-13,15,19H,5-6,9,14H2,1H3,(H,24,28)(H,25,29). The lowest BCUT2D eigenvalue weighted by Crippen LogP contribution is -2.45. The molecule has 1 unspecified atom stereocenters. The Bertz CT molecular complexity index is 1030. The minimum absolute atomic E-state index is 0.139. The number of aromatic nitrogens is 2. The summed E-state index contributed by atoms with van der Waals surface area (Å²) in [6, 6.07) is 18.2. The summed E-state index contributed by atoms with van der Waals surface area (Å²) >= 11 is 0. The molecule has 1 atom stereocenters. The van der Waals surface area contributed by atoms with Gasteiger partial charge in [-0.25, -0.2) is 4.68 Å². The SMILES string of the molecule is COc1ccc(-n2nc(-c3ccccc3)cc2C(=O)NC2CCCCNC2=O)cc1. The molecule has 1 aliphatic heterocycles. The number of ether oxygens (including phenoxy) is 1. The van der Waals surface area contributed by atoms with E-state index in [-0.39, 0.29) is 11.8 Å². The molecular weight excluding hydrogens is 380 g/mol. The summed E-state index contributed by atoms with van der Waals surface area (Å²) < 4.78 is 6.83. The number of nitrogens with zero attached hydrogens (tertiary/aromatic N) is 2. The molecule has 2 N–H and O–H groups in total. The van der Waals surface area contributed by atoms with Gasteiger partial charge >= 0.3 is 0 Å². The number of benzene rings is 2. The molecule has 0 saturated carbocycles. The average Bonchev–Trinajstić information content (AvgIpc) is 3.14. The van der Waals surface area contributed by atoms with Crippen LogP contribution in [0.2, 0.25) is 0 Å². The van der Waals surface area contributed by atoms with E-state index in [0.717, 1.165) is 29.8 Å². The second-order valence-electron chi connectivity index (χ2n) is 7.20. The molecule has 7 nitrogen and oxygen atoms in total. The van der Waals surface area contributed by atoms with E-state index in [1.807, 2.05) is 54.6 Å². The van der Waals surface area contributed by atoms with Gasteiger partial charge in [0.05, 0.1) is 18.5 Å². The van der Waals surface area contributed by atoms with Crippen LogP contribution in [-0.4, -0.2) is 41.3 Å². The van der Waals surface area contributed by atoms with Crippen LogP contribution in [0.5, 0.6) is 5.75 Å². The minimum Gasteiger partial charge on any atom is -0.497 e. The van der Waals surface area contributed by atoms with Crippen LogP contribution in [0, 0.1) is 0 Å². The summed E-state index contributed by atoms with van der Waals surface area (Å²) in [4.78, 5) is 25.4. The quantitative estimate of drug-likeness (QED) is 0.685. The van der Waals surface area contributed by atoms with E-state index in [2.05, 4.69) is 15.7 Å². The van der Waals surface area contributed by atoms with Gasteiger partial charge in [0.2, 0.25) is 5.91 Å². The van der Waals surface area contributed by atoms with Crippen LogP contribution >= 0.6 is 0 Å². The number of nitrogens with one attached hydrogen (secondary N) is 2. The minimum atomic E-state index is -0.542. The van der Waals surface area contributed by atoms with Gasteiger partial charge in [0.15, 0.2) is 0 Å². The van der Waals surface area contributed by atoms with Crippen molar-refractivity contribution in [1.82, 2.24) is 20.4 Å². The molecule has 1 saturated heterocycles. The fraction of sp³-hybridized carbons (Fsp3) is 0.261. The predicted octanol–water partition coefficient (Wildman–Crippen LogP) is 2.95. The Kier molecular flexibility index (Phi) is 5.79. The van der Waals surface area contributed by atoms with Gasteiger partial charge in [0.1, 0.15) is 17.5 Å². The molecular formula is C23H24N4O3. The number of hydrogen-bond donors (Lipinski definition) is 2. The van der Waals surface area contributed by atoms with Crippen molar-refractivity contribution in [3.8, 4) is 22.7 Å². The van der Waals surface area contributed by atoms with E-state index >= 15 is 0 Å². The summed E-state index contributed by atoms with van der Waals surface area (Å²) in [7, 11) is 1.60. The van der Waals surface area contributed by atoms with Gasteiger partial charge in [-0.3, -0.25) is 9.59 Å². The van der Waals surface area contributed by atoms with Crippen molar-refractivity contribution in [2.24, 2.45) is 0 Å². The molecule has 154 valence electrons. The van der Waals surface area contributed by atoms with Crippen LogP contribution in [0.1, 0.15) is 29.8 Å². The Hall–Kier alpha value is -3.61. The number of rotatable bonds is 5. The monoisotopic (exact) mass is 404 g/mol. The van der Waals surface area contributed by atoms with Crippen molar-refractivity contribution in [2.45, 2.75) is 25.3 Å². The van der Waals surface area contributed by atoms with E-state index in [1.54, 1.807) is 17.9 Å². The normalized spacial score (nSPS) is 16.4. The lowest BCUT2D eigenvalue weighted by Gasteiger charge is -2.15. The summed E-state index contributed by atoms with van der Waals surface area (Å²) in [5, 5.41) is 10.4. The first kappa shape index (κ1) is 19.7. The van der Waals surface area contributed by atoms with Crippen molar-refractivity contribution >= 4 is 11.8 Å². The van der Waals surface area contributed by atoms with Crippen LogP contribution in [0.25, 0.3) is 16.9 Å². The van der Waals surface area contributed by atoms with E-state index < -0.39 is 6.04 Å². The molecule has 2 aromatic carbocycles. The number of hydrogen-bond acceptors (Lipinski definition) is 4. The molecule has 0 bridgehead atoms. The van der Waals surface area contributed by atoms with Gasteiger partial charge < -0.3 is 15.4 Å². The van der Waals surface area contributed by atoms with Crippen LogP contribution in [0.4, 0.5) is 0 Å². The Morgan fingerprint density at radius 3 is 2.63 bits per heavy atom. The summed E-state index contributed by atoms with van der Waals surface area (Å²) in [5.74, 6) is 0.248. The third kappa shape index (κ3) is 4.20.